The molecule has 0 heterocycles. The van der Waals surface area contributed by atoms with Crippen LogP contribution in [0.2, 0.25) is 0 Å². The van der Waals surface area contributed by atoms with Crippen molar-refractivity contribution in [1.82, 2.24) is 4.31 Å². The monoisotopic (exact) mass is 322 g/mol. The van der Waals surface area contributed by atoms with Crippen molar-refractivity contribution in [3.8, 4) is 0 Å². The van der Waals surface area contributed by atoms with Gasteiger partial charge in [0.2, 0.25) is 15.8 Å². The van der Waals surface area contributed by atoms with Gasteiger partial charge >= 0.3 is 5.69 Å². The maximum absolute atomic E-state index is 13.5. The van der Waals surface area contributed by atoms with Gasteiger partial charge in [-0.15, -0.1) is 0 Å². The number of nitro benzene ring substituents is 1. The Hall–Kier alpha value is -1.62. The lowest BCUT2D eigenvalue weighted by Gasteiger charge is -2.20. The molecule has 0 unspecified atom stereocenters. The van der Waals surface area contributed by atoms with Crippen LogP contribution in [0.4, 0.5) is 10.1 Å². The summed E-state index contributed by atoms with van der Waals surface area (Å²) in [5.74, 6) is -1.24. The number of nitro groups is 1. The molecule has 0 spiro atoms. The highest BCUT2D eigenvalue weighted by Gasteiger charge is 2.33. The van der Waals surface area contributed by atoms with Crippen molar-refractivity contribution in [2.45, 2.75) is 4.90 Å². The highest BCUT2D eigenvalue weighted by Crippen LogP contribution is 2.28. The fourth-order valence-corrected chi connectivity index (χ4v) is 3.26. The van der Waals surface area contributed by atoms with Crippen LogP contribution in [0.1, 0.15) is 0 Å². The van der Waals surface area contributed by atoms with Gasteiger partial charge in [-0.1, -0.05) is 6.07 Å². The summed E-state index contributed by atoms with van der Waals surface area (Å²) in [6.07, 6.45) is 0. The molecule has 0 aliphatic rings. The van der Waals surface area contributed by atoms with Gasteiger partial charge in [0, 0.05) is 20.2 Å². The molecule has 0 amide bonds. The number of hydrogen-bond acceptors (Lipinski definition) is 6. The Morgan fingerprint density at radius 3 is 2.62 bits per heavy atom. The first-order valence-electron chi connectivity index (χ1n) is 5.89. The Morgan fingerprint density at radius 2 is 2.10 bits per heavy atom. The van der Waals surface area contributed by atoms with Crippen LogP contribution in [0.25, 0.3) is 0 Å². The zero-order valence-electron chi connectivity index (χ0n) is 11.2. The molecule has 0 saturated carbocycles. The van der Waals surface area contributed by atoms with Crippen molar-refractivity contribution in [2.24, 2.45) is 0 Å². The van der Waals surface area contributed by atoms with Crippen LogP contribution in [0.3, 0.4) is 0 Å². The lowest BCUT2D eigenvalue weighted by Crippen LogP contribution is -2.36. The van der Waals surface area contributed by atoms with E-state index in [1.54, 1.807) is 0 Å². The number of hydrogen-bond donors (Lipinski definition) is 1. The van der Waals surface area contributed by atoms with Gasteiger partial charge in [0.1, 0.15) is 0 Å². The summed E-state index contributed by atoms with van der Waals surface area (Å²) in [5.41, 5.74) is -1.11. The van der Waals surface area contributed by atoms with Gasteiger partial charge in [0.05, 0.1) is 18.1 Å². The van der Waals surface area contributed by atoms with Gasteiger partial charge in [0.15, 0.2) is 4.90 Å². The molecule has 1 rings (SSSR count). The Kier molecular flexibility index (Phi) is 6.15. The smallest absolute Gasteiger partial charge is 0.324 e. The summed E-state index contributed by atoms with van der Waals surface area (Å²) in [4.78, 5) is 9.05. The molecule has 118 valence electrons. The average Bonchev–Trinajstić information content (AvgIpc) is 2.42. The van der Waals surface area contributed by atoms with Crippen LogP contribution in [0, 0.1) is 15.9 Å². The molecule has 1 aromatic rings. The lowest BCUT2D eigenvalue weighted by molar-refractivity contribution is -0.390. The number of ether oxygens (including phenoxy) is 1. The SMILES string of the molecule is COCCN(CCO)S(=O)(=O)c1cccc(F)c1[N+](=O)[O-]. The molecule has 1 aromatic carbocycles. The van der Waals surface area contributed by atoms with E-state index >= 15 is 0 Å². The molecule has 0 atom stereocenters. The summed E-state index contributed by atoms with van der Waals surface area (Å²) in [6, 6.07) is 2.83. The van der Waals surface area contributed by atoms with E-state index in [2.05, 4.69) is 0 Å². The minimum atomic E-state index is -4.32. The molecule has 0 bridgehead atoms. The molecule has 1 N–H and O–H groups in total. The van der Waals surface area contributed by atoms with Gasteiger partial charge in [0.25, 0.3) is 0 Å². The second kappa shape index (κ2) is 7.41. The zero-order valence-corrected chi connectivity index (χ0v) is 12.0. The Morgan fingerprint density at radius 1 is 1.43 bits per heavy atom. The first-order valence-corrected chi connectivity index (χ1v) is 7.33. The number of benzene rings is 1. The fraction of sp³-hybridized carbons (Fsp3) is 0.455. The number of methoxy groups -OCH3 is 1. The van der Waals surface area contributed by atoms with Gasteiger partial charge in [-0.25, -0.2) is 8.42 Å². The number of aliphatic hydroxyl groups excluding tert-OH is 1. The molecule has 0 radical (unpaired) electrons. The maximum Gasteiger partial charge on any atom is 0.324 e. The van der Waals surface area contributed by atoms with Crippen LogP contribution in [-0.2, 0) is 14.8 Å². The zero-order chi connectivity index (χ0) is 16.0. The van der Waals surface area contributed by atoms with Crippen LogP contribution >= 0.6 is 0 Å². The summed E-state index contributed by atoms with van der Waals surface area (Å²) in [5, 5.41) is 19.8. The number of sulfonamides is 1. The highest BCUT2D eigenvalue weighted by atomic mass is 32.2. The van der Waals surface area contributed by atoms with Crippen molar-refractivity contribution in [3.63, 3.8) is 0 Å². The first kappa shape index (κ1) is 17.4. The number of halogens is 1. The van der Waals surface area contributed by atoms with E-state index in [4.69, 9.17) is 9.84 Å². The number of para-hydroxylation sites is 1. The highest BCUT2D eigenvalue weighted by molar-refractivity contribution is 7.89. The Bertz CT molecular complexity index is 607. The number of rotatable bonds is 8. The van der Waals surface area contributed by atoms with Gasteiger partial charge in [-0.2, -0.15) is 8.70 Å². The molecule has 21 heavy (non-hydrogen) atoms. The summed E-state index contributed by atoms with van der Waals surface area (Å²) in [6.45, 7) is -0.846. The predicted molar refractivity (Wildman–Crippen MR) is 70.8 cm³/mol. The van der Waals surface area contributed by atoms with Crippen LogP contribution in [0.5, 0.6) is 0 Å². The van der Waals surface area contributed by atoms with Crippen molar-refractivity contribution in [1.29, 1.82) is 0 Å². The summed E-state index contributed by atoms with van der Waals surface area (Å²) < 4.78 is 43.9. The Balaban J connectivity index is 3.34. The number of aliphatic hydroxyl groups is 1. The van der Waals surface area contributed by atoms with Gasteiger partial charge in [-0.05, 0) is 12.1 Å². The van der Waals surface area contributed by atoms with E-state index in [1.165, 1.54) is 7.11 Å². The summed E-state index contributed by atoms with van der Waals surface area (Å²) in [7, 11) is -2.97. The largest absolute Gasteiger partial charge is 0.395 e. The lowest BCUT2D eigenvalue weighted by atomic mass is 10.3. The third-order valence-corrected chi connectivity index (χ3v) is 4.57. The van der Waals surface area contributed by atoms with E-state index in [-0.39, 0.29) is 19.7 Å². The molecular weight excluding hydrogens is 307 g/mol. The van der Waals surface area contributed by atoms with Crippen LogP contribution in [0.15, 0.2) is 23.1 Å². The minimum Gasteiger partial charge on any atom is -0.395 e. The van der Waals surface area contributed by atoms with Crippen molar-refractivity contribution in [3.05, 3.63) is 34.1 Å². The molecule has 0 fully saturated rings. The maximum atomic E-state index is 13.5. The normalized spacial score (nSPS) is 11.8. The third-order valence-electron chi connectivity index (χ3n) is 2.64. The molecule has 10 heteroatoms. The molecule has 0 saturated heterocycles. The van der Waals surface area contributed by atoms with Gasteiger partial charge < -0.3 is 9.84 Å². The molecular formula is C11H15FN2O6S. The van der Waals surface area contributed by atoms with E-state index in [0.717, 1.165) is 22.5 Å². The minimum absolute atomic E-state index is 0.0301. The molecule has 0 aliphatic heterocycles. The first-order chi connectivity index (χ1) is 9.86. The topological polar surface area (TPSA) is 110 Å². The second-order valence-corrected chi connectivity index (χ2v) is 5.87. The standard InChI is InChI=1S/C11H15FN2O6S/c1-20-8-6-13(5-7-15)21(18,19)10-4-2-3-9(12)11(10)14(16)17/h2-4,15H,5-8H2,1H3. The van der Waals surface area contributed by atoms with Crippen LogP contribution < -0.4 is 0 Å². The van der Waals surface area contributed by atoms with E-state index in [9.17, 15) is 22.9 Å². The van der Waals surface area contributed by atoms with Crippen molar-refractivity contribution >= 4 is 15.7 Å². The van der Waals surface area contributed by atoms with E-state index < -0.39 is 38.0 Å². The average molecular weight is 322 g/mol. The van der Waals surface area contributed by atoms with Crippen molar-refractivity contribution in [2.75, 3.05) is 33.4 Å². The molecule has 8 nitrogen and oxygen atoms in total. The van der Waals surface area contributed by atoms with Crippen LogP contribution in [-0.4, -0.2) is 56.2 Å². The van der Waals surface area contributed by atoms with E-state index in [1.807, 2.05) is 0 Å². The second-order valence-electron chi connectivity index (χ2n) is 3.96. The quantitative estimate of drug-likeness (QED) is 0.547. The summed E-state index contributed by atoms with van der Waals surface area (Å²) >= 11 is 0. The molecule has 0 aromatic heterocycles. The van der Waals surface area contributed by atoms with E-state index in [0.29, 0.717) is 0 Å². The number of nitrogens with zero attached hydrogens (tertiary/aromatic N) is 2. The predicted octanol–water partition coefficient (Wildman–Crippen LogP) is 0.363. The van der Waals surface area contributed by atoms with Gasteiger partial charge in [-0.3, -0.25) is 10.1 Å². The Labute approximate surface area is 121 Å². The fourth-order valence-electron chi connectivity index (χ4n) is 1.68. The third kappa shape index (κ3) is 3.94. The molecule has 0 aliphatic carbocycles. The van der Waals surface area contributed by atoms with Crippen molar-refractivity contribution < 1.29 is 27.6 Å².